The van der Waals surface area contributed by atoms with Crippen molar-refractivity contribution in [2.24, 2.45) is 5.92 Å². The van der Waals surface area contributed by atoms with E-state index in [2.05, 4.69) is 14.3 Å². The fourth-order valence-electron chi connectivity index (χ4n) is 3.21. The van der Waals surface area contributed by atoms with E-state index in [0.29, 0.717) is 31.3 Å². The van der Waals surface area contributed by atoms with Crippen LogP contribution in [-0.4, -0.2) is 37.7 Å². The van der Waals surface area contributed by atoms with Gasteiger partial charge in [0, 0.05) is 44.4 Å². The lowest BCUT2D eigenvalue weighted by atomic mass is 9.98. The molecule has 0 unspecified atom stereocenters. The highest BCUT2D eigenvalue weighted by molar-refractivity contribution is 7.89. The molecular weight excluding hydrogens is 342 g/mol. The maximum absolute atomic E-state index is 12.6. The molecule has 0 aliphatic carbocycles. The first-order valence-electron chi connectivity index (χ1n) is 8.51. The monoisotopic (exact) mass is 363 g/mol. The summed E-state index contributed by atoms with van der Waals surface area (Å²) in [6.07, 6.45) is 6.27. The van der Waals surface area contributed by atoms with Gasteiger partial charge in [0.15, 0.2) is 11.5 Å². The third kappa shape index (κ3) is 3.50. The number of rotatable bonds is 4. The van der Waals surface area contributed by atoms with Crippen molar-refractivity contribution in [1.29, 1.82) is 0 Å². The van der Waals surface area contributed by atoms with E-state index in [4.69, 9.17) is 9.47 Å². The summed E-state index contributed by atoms with van der Waals surface area (Å²) in [5.74, 6) is 2.35. The largest absolute Gasteiger partial charge is 0.490 e. The second kappa shape index (κ2) is 6.68. The molecule has 0 bridgehead atoms. The van der Waals surface area contributed by atoms with Crippen LogP contribution in [0.15, 0.2) is 35.5 Å². The minimum atomic E-state index is -3.58. The third-order valence-electron chi connectivity index (χ3n) is 4.64. The number of ether oxygens (including phenoxy) is 2. The van der Waals surface area contributed by atoms with Gasteiger partial charge in [-0.3, -0.25) is 0 Å². The number of nitrogens with one attached hydrogen (secondary N) is 1. The van der Waals surface area contributed by atoms with Crippen LogP contribution in [-0.2, 0) is 23.0 Å². The number of nitrogens with zero attached hydrogens (tertiary/aromatic N) is 2. The average molecular weight is 363 g/mol. The highest BCUT2D eigenvalue weighted by atomic mass is 32.2. The van der Waals surface area contributed by atoms with E-state index < -0.39 is 10.0 Å². The molecule has 3 heterocycles. The van der Waals surface area contributed by atoms with Crippen molar-refractivity contribution < 1.29 is 17.9 Å². The number of fused-ring (bicyclic) bond motifs is 2. The number of benzene rings is 1. The molecule has 2 aliphatic rings. The van der Waals surface area contributed by atoms with Crippen LogP contribution in [0, 0.1) is 5.92 Å². The Kier molecular flexibility index (Phi) is 4.39. The predicted octanol–water partition coefficient (Wildman–Crippen LogP) is 1.59. The SMILES string of the molecule is O=S(=O)(NC[C@@H]1CCn2ccnc2C1)c1ccc2c(c1)OCCCO2. The second-order valence-electron chi connectivity index (χ2n) is 6.41. The Bertz CT molecular complexity index is 863. The van der Waals surface area contributed by atoms with E-state index in [-0.39, 0.29) is 10.8 Å². The van der Waals surface area contributed by atoms with Crippen LogP contribution < -0.4 is 14.2 Å². The van der Waals surface area contributed by atoms with Gasteiger partial charge in [-0.1, -0.05) is 0 Å². The maximum atomic E-state index is 12.6. The number of hydrogen-bond acceptors (Lipinski definition) is 5. The zero-order chi connectivity index (χ0) is 17.3. The van der Waals surface area contributed by atoms with Crippen LogP contribution in [0.25, 0.3) is 0 Å². The Morgan fingerprint density at radius 1 is 1.24 bits per heavy atom. The summed E-state index contributed by atoms with van der Waals surface area (Å²) in [6, 6.07) is 4.76. The lowest BCUT2D eigenvalue weighted by molar-refractivity contribution is 0.297. The first kappa shape index (κ1) is 16.4. The zero-order valence-corrected chi connectivity index (χ0v) is 14.7. The molecular formula is C17H21N3O4S. The molecule has 1 N–H and O–H groups in total. The Morgan fingerprint density at radius 2 is 2.08 bits per heavy atom. The summed E-state index contributed by atoms with van der Waals surface area (Å²) in [5.41, 5.74) is 0. The molecule has 25 heavy (non-hydrogen) atoms. The van der Waals surface area contributed by atoms with E-state index in [1.165, 1.54) is 6.07 Å². The van der Waals surface area contributed by atoms with Crippen LogP contribution in [0.3, 0.4) is 0 Å². The third-order valence-corrected chi connectivity index (χ3v) is 6.06. The quantitative estimate of drug-likeness (QED) is 0.892. The van der Waals surface area contributed by atoms with Crippen LogP contribution in [0.4, 0.5) is 0 Å². The van der Waals surface area contributed by atoms with Crippen molar-refractivity contribution in [3.05, 3.63) is 36.4 Å². The molecule has 1 aromatic heterocycles. The van der Waals surface area contributed by atoms with Crippen LogP contribution in [0.1, 0.15) is 18.7 Å². The molecule has 134 valence electrons. The van der Waals surface area contributed by atoms with E-state index in [1.54, 1.807) is 18.3 Å². The van der Waals surface area contributed by atoms with Gasteiger partial charge in [-0.25, -0.2) is 18.1 Å². The Labute approximate surface area is 147 Å². The van der Waals surface area contributed by atoms with Gasteiger partial charge in [0.05, 0.1) is 18.1 Å². The van der Waals surface area contributed by atoms with Gasteiger partial charge in [0.2, 0.25) is 10.0 Å². The number of sulfonamides is 1. The summed E-state index contributed by atoms with van der Waals surface area (Å²) in [7, 11) is -3.58. The minimum absolute atomic E-state index is 0.203. The molecule has 0 saturated carbocycles. The predicted molar refractivity (Wildman–Crippen MR) is 91.3 cm³/mol. The molecule has 0 fully saturated rings. The summed E-state index contributed by atoms with van der Waals surface area (Å²) < 4.78 is 41.2. The van der Waals surface area contributed by atoms with Crippen molar-refractivity contribution in [2.45, 2.75) is 30.7 Å². The highest BCUT2D eigenvalue weighted by Crippen LogP contribution is 2.32. The second-order valence-corrected chi connectivity index (χ2v) is 8.17. The summed E-state index contributed by atoms with van der Waals surface area (Å²) in [4.78, 5) is 4.52. The molecule has 0 spiro atoms. The molecule has 7 nitrogen and oxygen atoms in total. The number of hydrogen-bond donors (Lipinski definition) is 1. The van der Waals surface area contributed by atoms with Crippen molar-refractivity contribution in [1.82, 2.24) is 14.3 Å². The van der Waals surface area contributed by atoms with Gasteiger partial charge >= 0.3 is 0 Å². The summed E-state index contributed by atoms with van der Waals surface area (Å²) >= 11 is 0. The Hall–Kier alpha value is -2.06. The molecule has 0 saturated heterocycles. The lowest BCUT2D eigenvalue weighted by Gasteiger charge is -2.23. The van der Waals surface area contributed by atoms with Crippen LogP contribution >= 0.6 is 0 Å². The summed E-state index contributed by atoms with van der Waals surface area (Å²) in [5, 5.41) is 0. The molecule has 1 aromatic carbocycles. The smallest absolute Gasteiger partial charge is 0.240 e. The van der Waals surface area contributed by atoms with Gasteiger partial charge in [-0.2, -0.15) is 0 Å². The molecule has 0 radical (unpaired) electrons. The van der Waals surface area contributed by atoms with E-state index in [9.17, 15) is 8.42 Å². The first-order valence-corrected chi connectivity index (χ1v) is 9.99. The number of aromatic nitrogens is 2. The summed E-state index contributed by atoms with van der Waals surface area (Å²) in [6.45, 7) is 2.39. The van der Waals surface area contributed by atoms with E-state index >= 15 is 0 Å². The Balaban J connectivity index is 1.44. The number of aryl methyl sites for hydroxylation is 1. The molecule has 4 rings (SSSR count). The lowest BCUT2D eigenvalue weighted by Crippen LogP contribution is -2.33. The number of imidazole rings is 1. The zero-order valence-electron chi connectivity index (χ0n) is 13.8. The van der Waals surface area contributed by atoms with Gasteiger partial charge in [0.1, 0.15) is 5.82 Å². The Morgan fingerprint density at radius 3 is 2.96 bits per heavy atom. The molecule has 0 amide bonds. The first-order chi connectivity index (χ1) is 12.1. The van der Waals surface area contributed by atoms with Crippen molar-refractivity contribution in [2.75, 3.05) is 19.8 Å². The normalized spacial score (nSPS) is 19.9. The van der Waals surface area contributed by atoms with E-state index in [0.717, 1.165) is 31.6 Å². The van der Waals surface area contributed by atoms with Crippen LogP contribution in [0.2, 0.25) is 0 Å². The fourth-order valence-corrected chi connectivity index (χ4v) is 4.34. The maximum Gasteiger partial charge on any atom is 0.240 e. The standard InChI is InChI=1S/C17H21N3O4S/c21-25(22,14-2-3-15-16(11-14)24-9-1-8-23-15)19-12-13-4-6-20-7-5-18-17(20)10-13/h2-3,5,7,11,13,19H,1,4,6,8-10,12H2/t13-/m1/s1. The topological polar surface area (TPSA) is 82.5 Å². The minimum Gasteiger partial charge on any atom is -0.490 e. The van der Waals surface area contributed by atoms with Crippen molar-refractivity contribution in [3.63, 3.8) is 0 Å². The molecule has 1 atom stereocenters. The van der Waals surface area contributed by atoms with Gasteiger partial charge in [-0.05, 0) is 24.5 Å². The van der Waals surface area contributed by atoms with Crippen LogP contribution in [0.5, 0.6) is 11.5 Å². The molecule has 2 aliphatic heterocycles. The highest BCUT2D eigenvalue weighted by Gasteiger charge is 2.23. The van der Waals surface area contributed by atoms with Crippen molar-refractivity contribution >= 4 is 10.0 Å². The van der Waals surface area contributed by atoms with Gasteiger partial charge in [-0.15, -0.1) is 0 Å². The fraction of sp³-hybridized carbons (Fsp3) is 0.471. The van der Waals surface area contributed by atoms with E-state index in [1.807, 2.05) is 6.20 Å². The van der Waals surface area contributed by atoms with Gasteiger partial charge < -0.3 is 14.0 Å². The average Bonchev–Trinajstić information content (AvgIpc) is 2.95. The molecule has 8 heteroatoms. The van der Waals surface area contributed by atoms with Gasteiger partial charge in [0.25, 0.3) is 0 Å². The van der Waals surface area contributed by atoms with Crippen molar-refractivity contribution in [3.8, 4) is 11.5 Å². The molecule has 2 aromatic rings.